The summed E-state index contributed by atoms with van der Waals surface area (Å²) in [7, 11) is -3.43. The van der Waals surface area contributed by atoms with Crippen LogP contribution in [0, 0.1) is 0 Å². The Hall–Kier alpha value is -0.660. The number of rotatable bonds is 10. The van der Waals surface area contributed by atoms with E-state index < -0.39 is 10.1 Å². The molecule has 0 bridgehead atoms. The molecule has 0 aromatic heterocycles. The molecular formula is C14H26O6S. The quantitative estimate of drug-likeness (QED) is 0.348. The van der Waals surface area contributed by atoms with Crippen molar-refractivity contribution in [2.75, 3.05) is 19.0 Å². The van der Waals surface area contributed by atoms with Gasteiger partial charge < -0.3 is 9.47 Å². The summed E-state index contributed by atoms with van der Waals surface area (Å²) in [5, 5.41) is 0. The van der Waals surface area contributed by atoms with Crippen molar-refractivity contribution in [2.45, 2.75) is 64.6 Å². The summed E-state index contributed by atoms with van der Waals surface area (Å²) in [4.78, 5) is 11.5. The van der Waals surface area contributed by atoms with E-state index >= 15 is 0 Å². The molecule has 0 aromatic rings. The van der Waals surface area contributed by atoms with Gasteiger partial charge in [0.2, 0.25) is 0 Å². The molecule has 1 aliphatic rings. The first-order valence-electron chi connectivity index (χ1n) is 7.65. The van der Waals surface area contributed by atoms with Gasteiger partial charge in [-0.3, -0.25) is 8.98 Å². The van der Waals surface area contributed by atoms with E-state index in [2.05, 4.69) is 6.92 Å². The fourth-order valence-electron chi connectivity index (χ4n) is 2.07. The lowest BCUT2D eigenvalue weighted by Gasteiger charge is -2.14. The molecule has 7 heteroatoms. The molecule has 0 saturated carbocycles. The van der Waals surface area contributed by atoms with Crippen LogP contribution in [0.3, 0.4) is 0 Å². The SMILES string of the molecule is CCCCCC(=O)OC[C@H]1CC[C@H](COS(=O)(=O)CC)O1. The molecule has 1 saturated heterocycles. The lowest BCUT2D eigenvalue weighted by atomic mass is 10.2. The summed E-state index contributed by atoms with van der Waals surface area (Å²) >= 11 is 0. The number of carbonyl (C=O) groups excluding carboxylic acids is 1. The van der Waals surface area contributed by atoms with Crippen LogP contribution in [0.5, 0.6) is 0 Å². The number of ether oxygens (including phenoxy) is 2. The molecule has 124 valence electrons. The molecule has 6 nitrogen and oxygen atoms in total. The van der Waals surface area contributed by atoms with Gasteiger partial charge in [-0.2, -0.15) is 8.42 Å². The van der Waals surface area contributed by atoms with Crippen molar-refractivity contribution >= 4 is 16.1 Å². The maximum absolute atomic E-state index is 11.5. The summed E-state index contributed by atoms with van der Waals surface area (Å²) in [6.07, 6.45) is 4.48. The van der Waals surface area contributed by atoms with Crippen molar-refractivity contribution in [3.05, 3.63) is 0 Å². The van der Waals surface area contributed by atoms with E-state index in [-0.39, 0.29) is 37.1 Å². The van der Waals surface area contributed by atoms with Crippen LogP contribution < -0.4 is 0 Å². The molecule has 0 aliphatic carbocycles. The Labute approximate surface area is 127 Å². The Morgan fingerprint density at radius 2 is 1.81 bits per heavy atom. The van der Waals surface area contributed by atoms with E-state index in [1.54, 1.807) is 0 Å². The highest BCUT2D eigenvalue weighted by Crippen LogP contribution is 2.21. The molecule has 0 amide bonds. The summed E-state index contributed by atoms with van der Waals surface area (Å²) in [5.74, 6) is -0.237. The van der Waals surface area contributed by atoms with Crippen LogP contribution in [0.2, 0.25) is 0 Å². The summed E-state index contributed by atoms with van der Waals surface area (Å²) < 4.78 is 38.1. The third-order valence-corrected chi connectivity index (χ3v) is 4.60. The minimum absolute atomic E-state index is 0.0388. The van der Waals surface area contributed by atoms with E-state index in [0.717, 1.165) is 32.1 Å². The van der Waals surface area contributed by atoms with Gasteiger partial charge in [0.1, 0.15) is 6.61 Å². The molecule has 0 N–H and O–H groups in total. The van der Waals surface area contributed by atoms with Gasteiger partial charge in [0, 0.05) is 6.42 Å². The number of hydrogen-bond donors (Lipinski definition) is 0. The van der Waals surface area contributed by atoms with Crippen LogP contribution in [0.15, 0.2) is 0 Å². The van der Waals surface area contributed by atoms with Crippen molar-refractivity contribution in [2.24, 2.45) is 0 Å². The lowest BCUT2D eigenvalue weighted by Crippen LogP contribution is -2.23. The molecule has 0 aromatic carbocycles. The van der Waals surface area contributed by atoms with Gasteiger partial charge in [0.15, 0.2) is 0 Å². The standard InChI is InChI=1S/C14H26O6S/c1-3-5-6-7-14(15)18-10-12-8-9-13(20-12)11-19-21(16,17)4-2/h12-13H,3-11H2,1-2H3/t12-,13-/m1/s1. The first-order chi connectivity index (χ1) is 9.96. The first kappa shape index (κ1) is 18.4. The zero-order valence-electron chi connectivity index (χ0n) is 12.9. The zero-order valence-corrected chi connectivity index (χ0v) is 13.7. The molecule has 1 rings (SSSR count). The van der Waals surface area contributed by atoms with Crippen LogP contribution in [0.4, 0.5) is 0 Å². The van der Waals surface area contributed by atoms with Crippen molar-refractivity contribution in [1.29, 1.82) is 0 Å². The van der Waals surface area contributed by atoms with Crippen molar-refractivity contribution in [1.82, 2.24) is 0 Å². The summed E-state index contributed by atoms with van der Waals surface area (Å²) in [6.45, 7) is 3.89. The molecule has 0 spiro atoms. The minimum Gasteiger partial charge on any atom is -0.463 e. The Kier molecular flexibility index (Phi) is 8.21. The molecular weight excluding hydrogens is 296 g/mol. The Morgan fingerprint density at radius 3 is 2.43 bits per heavy atom. The van der Waals surface area contributed by atoms with Crippen LogP contribution in [-0.4, -0.2) is 45.6 Å². The van der Waals surface area contributed by atoms with E-state index in [4.69, 9.17) is 13.7 Å². The van der Waals surface area contributed by atoms with Crippen molar-refractivity contribution < 1.29 is 26.9 Å². The molecule has 1 aliphatic heterocycles. The molecule has 1 fully saturated rings. The molecule has 0 unspecified atom stereocenters. The number of unbranched alkanes of at least 4 members (excludes halogenated alkanes) is 2. The molecule has 1 heterocycles. The maximum Gasteiger partial charge on any atom is 0.305 e. The Balaban J connectivity index is 2.15. The second-order valence-electron chi connectivity index (χ2n) is 5.23. The topological polar surface area (TPSA) is 78.9 Å². The molecule has 0 radical (unpaired) electrons. The number of hydrogen-bond acceptors (Lipinski definition) is 6. The van der Waals surface area contributed by atoms with Gasteiger partial charge in [0.25, 0.3) is 10.1 Å². The minimum atomic E-state index is -3.43. The monoisotopic (exact) mass is 322 g/mol. The highest BCUT2D eigenvalue weighted by atomic mass is 32.2. The van der Waals surface area contributed by atoms with Crippen molar-refractivity contribution in [3.8, 4) is 0 Å². The second kappa shape index (κ2) is 9.38. The summed E-state index contributed by atoms with van der Waals surface area (Å²) in [6, 6.07) is 0. The second-order valence-corrected chi connectivity index (χ2v) is 7.16. The molecule has 21 heavy (non-hydrogen) atoms. The van der Waals surface area contributed by atoms with Gasteiger partial charge in [-0.25, -0.2) is 0 Å². The highest BCUT2D eigenvalue weighted by Gasteiger charge is 2.27. The van der Waals surface area contributed by atoms with Gasteiger partial charge in [0.05, 0.1) is 24.6 Å². The van der Waals surface area contributed by atoms with Crippen LogP contribution >= 0.6 is 0 Å². The van der Waals surface area contributed by atoms with E-state index in [9.17, 15) is 13.2 Å². The number of carbonyl (C=O) groups is 1. The average molecular weight is 322 g/mol. The van der Waals surface area contributed by atoms with Gasteiger partial charge in [-0.15, -0.1) is 0 Å². The predicted octanol–water partition coefficient (Wildman–Crippen LogP) is 2.02. The van der Waals surface area contributed by atoms with E-state index in [1.807, 2.05) is 0 Å². The smallest absolute Gasteiger partial charge is 0.305 e. The number of esters is 1. The maximum atomic E-state index is 11.5. The van der Waals surface area contributed by atoms with Crippen molar-refractivity contribution in [3.63, 3.8) is 0 Å². The van der Waals surface area contributed by atoms with Gasteiger partial charge in [-0.05, 0) is 26.2 Å². The van der Waals surface area contributed by atoms with Crippen LogP contribution in [0.25, 0.3) is 0 Å². The lowest BCUT2D eigenvalue weighted by molar-refractivity contribution is -0.147. The van der Waals surface area contributed by atoms with E-state index in [1.165, 1.54) is 6.92 Å². The van der Waals surface area contributed by atoms with Gasteiger partial charge in [-0.1, -0.05) is 19.8 Å². The van der Waals surface area contributed by atoms with Gasteiger partial charge >= 0.3 is 5.97 Å². The van der Waals surface area contributed by atoms with Crippen LogP contribution in [0.1, 0.15) is 52.4 Å². The molecule has 2 atom stereocenters. The normalized spacial score (nSPS) is 22.4. The average Bonchev–Trinajstić information content (AvgIpc) is 2.91. The summed E-state index contributed by atoms with van der Waals surface area (Å²) in [5.41, 5.74) is 0. The van der Waals surface area contributed by atoms with E-state index in [0.29, 0.717) is 6.42 Å². The fraction of sp³-hybridized carbons (Fsp3) is 0.929. The third kappa shape index (κ3) is 7.78. The first-order valence-corrected chi connectivity index (χ1v) is 9.22. The third-order valence-electron chi connectivity index (χ3n) is 3.40. The fourth-order valence-corrected chi connectivity index (χ4v) is 2.59. The predicted molar refractivity (Wildman–Crippen MR) is 78.4 cm³/mol. The Morgan fingerprint density at radius 1 is 1.14 bits per heavy atom. The Bertz CT molecular complexity index is 406. The largest absolute Gasteiger partial charge is 0.463 e. The highest BCUT2D eigenvalue weighted by molar-refractivity contribution is 7.86. The zero-order chi connectivity index (χ0) is 15.7. The van der Waals surface area contributed by atoms with Crippen LogP contribution in [-0.2, 0) is 28.6 Å².